The molecule has 0 amide bonds. The van der Waals surface area contributed by atoms with Gasteiger partial charge in [0.15, 0.2) is 9.84 Å². The topological polar surface area (TPSA) is 98.0 Å². The molecule has 112 valence electrons. The Labute approximate surface area is 122 Å². The van der Waals surface area contributed by atoms with Crippen molar-refractivity contribution in [2.45, 2.75) is 19.4 Å². The van der Waals surface area contributed by atoms with Crippen molar-refractivity contribution in [3.8, 4) is 11.4 Å². The van der Waals surface area contributed by atoms with Gasteiger partial charge in [-0.2, -0.15) is 4.98 Å². The van der Waals surface area contributed by atoms with Crippen LogP contribution in [0.3, 0.4) is 0 Å². The molecule has 0 bridgehead atoms. The van der Waals surface area contributed by atoms with Gasteiger partial charge in [0.2, 0.25) is 11.7 Å². The summed E-state index contributed by atoms with van der Waals surface area (Å²) in [5.74, 6) is 1.24. The van der Waals surface area contributed by atoms with E-state index in [0.29, 0.717) is 24.7 Å². The van der Waals surface area contributed by atoms with Crippen LogP contribution >= 0.6 is 0 Å². The molecule has 0 spiro atoms. The zero-order valence-electron chi connectivity index (χ0n) is 11.6. The standard InChI is InChI=1S/C13H16N4O3S/c1-9-7-14-3-2-11(9)13-16-12(20-17-13)6-10-8-21(18,19)5-4-15-10/h2-3,7,10,15H,4-6,8H2,1H3. The molecule has 1 N–H and O–H groups in total. The Hall–Kier alpha value is -1.80. The number of sulfone groups is 1. The number of nitrogens with zero attached hydrogens (tertiary/aromatic N) is 3. The third kappa shape index (κ3) is 3.27. The highest BCUT2D eigenvalue weighted by Crippen LogP contribution is 2.19. The van der Waals surface area contributed by atoms with Crippen molar-refractivity contribution in [3.63, 3.8) is 0 Å². The number of nitrogens with one attached hydrogen (secondary N) is 1. The molecule has 0 radical (unpaired) electrons. The van der Waals surface area contributed by atoms with E-state index in [2.05, 4.69) is 20.4 Å². The van der Waals surface area contributed by atoms with Crippen LogP contribution in [0, 0.1) is 6.92 Å². The van der Waals surface area contributed by atoms with Gasteiger partial charge in [0.1, 0.15) is 0 Å². The smallest absolute Gasteiger partial charge is 0.228 e. The molecule has 8 heteroatoms. The first-order valence-electron chi connectivity index (χ1n) is 6.71. The van der Waals surface area contributed by atoms with Gasteiger partial charge in [0, 0.05) is 37.0 Å². The summed E-state index contributed by atoms with van der Waals surface area (Å²) in [5.41, 5.74) is 1.83. The van der Waals surface area contributed by atoms with Crippen molar-refractivity contribution >= 4 is 9.84 Å². The molecule has 1 saturated heterocycles. The van der Waals surface area contributed by atoms with Gasteiger partial charge < -0.3 is 9.84 Å². The minimum absolute atomic E-state index is 0.110. The summed E-state index contributed by atoms with van der Waals surface area (Å²) in [5, 5.41) is 7.12. The van der Waals surface area contributed by atoms with E-state index in [-0.39, 0.29) is 17.5 Å². The molecule has 0 aromatic carbocycles. The van der Waals surface area contributed by atoms with Crippen LogP contribution in [-0.2, 0) is 16.3 Å². The lowest BCUT2D eigenvalue weighted by Crippen LogP contribution is -2.46. The second-order valence-corrected chi connectivity index (χ2v) is 7.40. The highest BCUT2D eigenvalue weighted by atomic mass is 32.2. The Kier molecular flexibility index (Phi) is 3.73. The maximum atomic E-state index is 11.6. The van der Waals surface area contributed by atoms with E-state index in [4.69, 9.17) is 4.52 Å². The lowest BCUT2D eigenvalue weighted by Gasteiger charge is -2.21. The molecule has 3 rings (SSSR count). The average Bonchev–Trinajstić information content (AvgIpc) is 2.86. The van der Waals surface area contributed by atoms with Crippen LogP contribution in [0.5, 0.6) is 0 Å². The summed E-state index contributed by atoms with van der Waals surface area (Å²) >= 11 is 0. The second-order valence-electron chi connectivity index (χ2n) is 5.17. The maximum Gasteiger partial charge on any atom is 0.228 e. The van der Waals surface area contributed by atoms with Crippen molar-refractivity contribution < 1.29 is 12.9 Å². The highest BCUT2D eigenvalue weighted by molar-refractivity contribution is 7.91. The molecule has 0 aliphatic carbocycles. The van der Waals surface area contributed by atoms with E-state index >= 15 is 0 Å². The second kappa shape index (κ2) is 5.53. The minimum atomic E-state index is -2.96. The number of hydrogen-bond donors (Lipinski definition) is 1. The number of hydrogen-bond acceptors (Lipinski definition) is 7. The summed E-state index contributed by atoms with van der Waals surface area (Å²) in [4.78, 5) is 8.37. The third-order valence-electron chi connectivity index (χ3n) is 3.45. The molecular formula is C13H16N4O3S. The van der Waals surface area contributed by atoms with Crippen molar-refractivity contribution in [1.82, 2.24) is 20.4 Å². The molecule has 3 heterocycles. The van der Waals surface area contributed by atoms with Crippen molar-refractivity contribution in [1.29, 1.82) is 0 Å². The Bertz CT molecular complexity index is 741. The molecule has 2 aromatic heterocycles. The molecule has 21 heavy (non-hydrogen) atoms. The zero-order valence-corrected chi connectivity index (χ0v) is 12.4. The monoisotopic (exact) mass is 308 g/mol. The summed E-state index contributed by atoms with van der Waals surface area (Å²) in [6, 6.07) is 1.66. The lowest BCUT2D eigenvalue weighted by atomic mass is 10.1. The van der Waals surface area contributed by atoms with Crippen LogP contribution in [-0.4, -0.2) is 47.6 Å². The van der Waals surface area contributed by atoms with Crippen LogP contribution in [0.4, 0.5) is 0 Å². The fourth-order valence-corrected chi connectivity index (χ4v) is 3.82. The lowest BCUT2D eigenvalue weighted by molar-refractivity contribution is 0.361. The normalized spacial score (nSPS) is 21.3. The first-order valence-corrected chi connectivity index (χ1v) is 8.53. The molecule has 1 aliphatic rings. The largest absolute Gasteiger partial charge is 0.339 e. The fraction of sp³-hybridized carbons (Fsp3) is 0.462. The number of aryl methyl sites for hydroxylation is 1. The van der Waals surface area contributed by atoms with Gasteiger partial charge in [-0.05, 0) is 18.6 Å². The van der Waals surface area contributed by atoms with Gasteiger partial charge >= 0.3 is 0 Å². The summed E-state index contributed by atoms with van der Waals surface area (Å²) in [6.07, 6.45) is 3.82. The van der Waals surface area contributed by atoms with E-state index in [9.17, 15) is 8.42 Å². The van der Waals surface area contributed by atoms with Crippen molar-refractivity contribution in [3.05, 3.63) is 29.9 Å². The van der Waals surface area contributed by atoms with Crippen LogP contribution in [0.2, 0.25) is 0 Å². The molecule has 1 aliphatic heterocycles. The van der Waals surface area contributed by atoms with E-state index < -0.39 is 9.84 Å². The average molecular weight is 308 g/mol. The highest BCUT2D eigenvalue weighted by Gasteiger charge is 2.26. The molecule has 1 unspecified atom stereocenters. The van der Waals surface area contributed by atoms with Gasteiger partial charge in [-0.3, -0.25) is 4.98 Å². The fourth-order valence-electron chi connectivity index (χ4n) is 2.38. The zero-order chi connectivity index (χ0) is 14.9. The van der Waals surface area contributed by atoms with Gasteiger partial charge in [-0.25, -0.2) is 8.42 Å². The Morgan fingerprint density at radius 2 is 2.33 bits per heavy atom. The van der Waals surface area contributed by atoms with E-state index in [1.54, 1.807) is 12.4 Å². The molecule has 1 atom stereocenters. The van der Waals surface area contributed by atoms with Crippen molar-refractivity contribution in [2.75, 3.05) is 18.1 Å². The Morgan fingerprint density at radius 1 is 1.48 bits per heavy atom. The molecular weight excluding hydrogens is 292 g/mol. The molecule has 1 fully saturated rings. The van der Waals surface area contributed by atoms with Crippen LogP contribution in [0.15, 0.2) is 23.0 Å². The van der Waals surface area contributed by atoms with Crippen LogP contribution in [0.1, 0.15) is 11.5 Å². The van der Waals surface area contributed by atoms with E-state index in [1.165, 1.54) is 0 Å². The van der Waals surface area contributed by atoms with Crippen LogP contribution < -0.4 is 5.32 Å². The third-order valence-corrected chi connectivity index (χ3v) is 5.19. The quantitative estimate of drug-likeness (QED) is 0.874. The van der Waals surface area contributed by atoms with E-state index in [0.717, 1.165) is 11.1 Å². The van der Waals surface area contributed by atoms with Crippen LogP contribution in [0.25, 0.3) is 11.4 Å². The minimum Gasteiger partial charge on any atom is -0.339 e. The maximum absolute atomic E-state index is 11.6. The Balaban J connectivity index is 1.75. The molecule has 2 aromatic rings. The predicted octanol–water partition coefficient (Wildman–Crippen LogP) is 0.369. The number of rotatable bonds is 3. The SMILES string of the molecule is Cc1cnccc1-c1noc(CC2CS(=O)(=O)CCN2)n1. The summed E-state index contributed by atoms with van der Waals surface area (Å²) < 4.78 is 28.4. The first-order chi connectivity index (χ1) is 10.0. The first kappa shape index (κ1) is 14.2. The Morgan fingerprint density at radius 3 is 3.10 bits per heavy atom. The van der Waals surface area contributed by atoms with Gasteiger partial charge in [0.25, 0.3) is 0 Å². The predicted molar refractivity (Wildman–Crippen MR) is 76.4 cm³/mol. The van der Waals surface area contributed by atoms with Gasteiger partial charge in [0.05, 0.1) is 11.5 Å². The number of aromatic nitrogens is 3. The van der Waals surface area contributed by atoms with E-state index in [1.807, 2.05) is 13.0 Å². The molecule has 0 saturated carbocycles. The summed E-state index contributed by atoms with van der Waals surface area (Å²) in [7, 11) is -2.96. The van der Waals surface area contributed by atoms with Crippen molar-refractivity contribution in [2.24, 2.45) is 0 Å². The number of pyridine rings is 1. The summed E-state index contributed by atoms with van der Waals surface area (Å²) in [6.45, 7) is 2.39. The van der Waals surface area contributed by atoms with Gasteiger partial charge in [-0.15, -0.1) is 0 Å². The molecule has 7 nitrogen and oxygen atoms in total. The van der Waals surface area contributed by atoms with Gasteiger partial charge in [-0.1, -0.05) is 5.16 Å².